The van der Waals surface area contributed by atoms with Crippen molar-refractivity contribution < 1.29 is 19.1 Å². The van der Waals surface area contributed by atoms with Gasteiger partial charge in [0.15, 0.2) is 12.3 Å². The van der Waals surface area contributed by atoms with Gasteiger partial charge in [0.2, 0.25) is 5.78 Å². The van der Waals surface area contributed by atoms with E-state index in [0.29, 0.717) is 22.9 Å². The molecule has 2 heterocycles. The fourth-order valence-electron chi connectivity index (χ4n) is 3.52. The van der Waals surface area contributed by atoms with Crippen LogP contribution in [0.15, 0.2) is 35.1 Å². The third kappa shape index (κ3) is 4.18. The van der Waals surface area contributed by atoms with Crippen LogP contribution >= 0.6 is 0 Å². The van der Waals surface area contributed by atoms with Gasteiger partial charge in [-0.1, -0.05) is 18.2 Å². The Labute approximate surface area is 174 Å². The van der Waals surface area contributed by atoms with Gasteiger partial charge in [-0.25, -0.2) is 9.48 Å². The Kier molecular flexibility index (Phi) is 6.47. The Morgan fingerprint density at radius 1 is 1.13 bits per heavy atom. The zero-order valence-electron chi connectivity index (χ0n) is 17.6. The van der Waals surface area contributed by atoms with Crippen molar-refractivity contribution in [1.82, 2.24) is 14.3 Å². The molecule has 0 bridgehead atoms. The predicted octanol–water partition coefficient (Wildman–Crippen LogP) is 2.43. The first-order valence-corrected chi connectivity index (χ1v) is 9.67. The van der Waals surface area contributed by atoms with Crippen molar-refractivity contribution >= 4 is 22.5 Å². The van der Waals surface area contributed by atoms with Crippen LogP contribution in [0.4, 0.5) is 0 Å². The average molecular weight is 411 g/mol. The summed E-state index contributed by atoms with van der Waals surface area (Å²) in [7, 11) is 3.12. The van der Waals surface area contributed by atoms with Gasteiger partial charge in [-0.2, -0.15) is 5.10 Å². The minimum absolute atomic E-state index is 0.00513. The highest BCUT2D eigenvalue weighted by molar-refractivity contribution is 6.04. The Morgan fingerprint density at radius 2 is 1.83 bits per heavy atom. The molecule has 0 unspecified atom stereocenters. The van der Waals surface area contributed by atoms with Crippen molar-refractivity contribution in [3.63, 3.8) is 0 Å². The smallest absolute Gasteiger partial charge is 0.359 e. The number of fused-ring (bicyclic) bond motifs is 1. The monoisotopic (exact) mass is 411 g/mol. The van der Waals surface area contributed by atoms with E-state index in [4.69, 9.17) is 9.47 Å². The minimum Gasteiger partial charge on any atom is -0.452 e. The quantitative estimate of drug-likeness (QED) is 0.321. The van der Waals surface area contributed by atoms with Crippen LogP contribution in [0, 0.1) is 13.8 Å². The summed E-state index contributed by atoms with van der Waals surface area (Å²) in [6.45, 7) is 4.78. The lowest BCUT2D eigenvalue weighted by Crippen LogP contribution is -2.24. The first-order valence-electron chi connectivity index (χ1n) is 9.67. The summed E-state index contributed by atoms with van der Waals surface area (Å²) in [6.07, 6.45) is 0.834. The topological polar surface area (TPSA) is 92.4 Å². The molecule has 0 fully saturated rings. The molecular weight excluding hydrogens is 386 g/mol. The van der Waals surface area contributed by atoms with Gasteiger partial charge in [0.25, 0.3) is 5.56 Å². The van der Waals surface area contributed by atoms with Gasteiger partial charge in [-0.3, -0.25) is 9.59 Å². The van der Waals surface area contributed by atoms with Gasteiger partial charge in [-0.05, 0) is 32.4 Å². The minimum atomic E-state index is -0.746. The van der Waals surface area contributed by atoms with Crippen LogP contribution in [0.25, 0.3) is 10.8 Å². The van der Waals surface area contributed by atoms with E-state index in [2.05, 4.69) is 9.67 Å². The molecule has 1 aromatic carbocycles. The fourth-order valence-corrected chi connectivity index (χ4v) is 3.52. The van der Waals surface area contributed by atoms with Crippen molar-refractivity contribution in [2.24, 2.45) is 7.05 Å². The van der Waals surface area contributed by atoms with Crippen LogP contribution in [-0.2, 0) is 23.1 Å². The van der Waals surface area contributed by atoms with Gasteiger partial charge < -0.3 is 14.0 Å². The second-order valence-corrected chi connectivity index (χ2v) is 7.11. The number of nitrogens with zero attached hydrogens (tertiary/aromatic N) is 3. The number of aryl methyl sites for hydroxylation is 2. The number of ketones is 1. The van der Waals surface area contributed by atoms with Gasteiger partial charge in [0.1, 0.15) is 0 Å². The summed E-state index contributed by atoms with van der Waals surface area (Å²) in [5.74, 6) is -1.03. The van der Waals surface area contributed by atoms with Crippen molar-refractivity contribution in [1.29, 1.82) is 0 Å². The lowest BCUT2D eigenvalue weighted by molar-refractivity contribution is 0.0468. The number of aromatic nitrogens is 3. The first kappa shape index (κ1) is 21.4. The SMILES string of the molecule is COCCCn1c(C)cc(C(=O)COC(=O)c2nn(C)c(=O)c3ccccc23)c1C. The molecule has 0 aliphatic heterocycles. The van der Waals surface area contributed by atoms with Crippen molar-refractivity contribution in [2.75, 3.05) is 20.3 Å². The predicted molar refractivity (Wildman–Crippen MR) is 112 cm³/mol. The molecular formula is C22H25N3O5. The molecule has 0 saturated heterocycles. The summed E-state index contributed by atoms with van der Waals surface area (Å²) in [6, 6.07) is 8.49. The lowest BCUT2D eigenvalue weighted by atomic mass is 10.1. The number of rotatable bonds is 8. The van der Waals surface area contributed by atoms with Crippen LogP contribution < -0.4 is 5.56 Å². The molecule has 3 rings (SSSR count). The highest BCUT2D eigenvalue weighted by atomic mass is 16.5. The zero-order valence-corrected chi connectivity index (χ0v) is 17.6. The maximum Gasteiger partial charge on any atom is 0.359 e. The number of hydrogen-bond acceptors (Lipinski definition) is 6. The molecule has 0 saturated carbocycles. The van der Waals surface area contributed by atoms with Crippen molar-refractivity contribution in [2.45, 2.75) is 26.8 Å². The van der Waals surface area contributed by atoms with E-state index in [1.807, 2.05) is 13.8 Å². The van der Waals surface area contributed by atoms with E-state index in [0.717, 1.165) is 29.0 Å². The third-order valence-electron chi connectivity index (χ3n) is 5.09. The van der Waals surface area contributed by atoms with E-state index in [1.165, 1.54) is 7.05 Å². The zero-order chi connectivity index (χ0) is 21.8. The highest BCUT2D eigenvalue weighted by Gasteiger charge is 2.20. The molecule has 158 valence electrons. The Morgan fingerprint density at radius 3 is 2.53 bits per heavy atom. The van der Waals surface area contributed by atoms with Gasteiger partial charge in [0.05, 0.1) is 5.39 Å². The van der Waals surface area contributed by atoms with Crippen molar-refractivity contribution in [3.05, 3.63) is 63.3 Å². The largest absolute Gasteiger partial charge is 0.452 e. The molecule has 0 spiro atoms. The van der Waals surface area contributed by atoms with Crippen LogP contribution in [0.3, 0.4) is 0 Å². The number of benzene rings is 1. The second-order valence-electron chi connectivity index (χ2n) is 7.11. The van der Waals surface area contributed by atoms with Gasteiger partial charge >= 0.3 is 5.97 Å². The molecule has 2 aromatic heterocycles. The van der Waals surface area contributed by atoms with Gasteiger partial charge in [-0.15, -0.1) is 0 Å². The maximum atomic E-state index is 12.7. The van der Waals surface area contributed by atoms with Crippen molar-refractivity contribution in [3.8, 4) is 0 Å². The van der Waals surface area contributed by atoms with Crippen LogP contribution in [0.1, 0.15) is 38.7 Å². The number of ether oxygens (including phenoxy) is 2. The van der Waals surface area contributed by atoms with E-state index in [-0.39, 0.29) is 17.0 Å². The molecule has 0 amide bonds. The molecule has 0 N–H and O–H groups in total. The van der Waals surface area contributed by atoms with E-state index < -0.39 is 12.6 Å². The van der Waals surface area contributed by atoms with E-state index >= 15 is 0 Å². The molecule has 0 aliphatic rings. The molecule has 8 nitrogen and oxygen atoms in total. The lowest BCUT2D eigenvalue weighted by Gasteiger charge is -2.10. The summed E-state index contributed by atoms with van der Waals surface area (Å²) in [5, 5.41) is 4.80. The maximum absolute atomic E-state index is 12.7. The molecule has 0 radical (unpaired) electrons. The number of hydrogen-bond donors (Lipinski definition) is 0. The van der Waals surface area contributed by atoms with Crippen LogP contribution in [-0.4, -0.2) is 46.4 Å². The molecule has 0 atom stereocenters. The molecule has 3 aromatic rings. The van der Waals surface area contributed by atoms with E-state index in [1.54, 1.807) is 37.4 Å². The van der Waals surface area contributed by atoms with E-state index in [9.17, 15) is 14.4 Å². The number of Topliss-reactive ketones (excluding diaryl/α,β-unsaturated/α-hetero) is 1. The molecule has 30 heavy (non-hydrogen) atoms. The number of carbonyl (C=O) groups excluding carboxylic acids is 2. The Hall–Kier alpha value is -3.26. The molecule has 0 aliphatic carbocycles. The van der Waals surface area contributed by atoms with Gasteiger partial charge in [0, 0.05) is 49.6 Å². The normalized spacial score (nSPS) is 11.1. The number of methoxy groups -OCH3 is 1. The Balaban J connectivity index is 1.77. The Bertz CT molecular complexity index is 1160. The third-order valence-corrected chi connectivity index (χ3v) is 5.09. The number of esters is 1. The van der Waals surface area contributed by atoms with Crippen LogP contribution in [0.5, 0.6) is 0 Å². The number of carbonyl (C=O) groups is 2. The average Bonchev–Trinajstić information content (AvgIpc) is 3.03. The summed E-state index contributed by atoms with van der Waals surface area (Å²) in [5.41, 5.74) is 2.01. The summed E-state index contributed by atoms with van der Waals surface area (Å²) < 4.78 is 13.5. The summed E-state index contributed by atoms with van der Waals surface area (Å²) in [4.78, 5) is 37.5. The first-order chi connectivity index (χ1) is 14.3. The fraction of sp³-hybridized carbons (Fsp3) is 0.364. The summed E-state index contributed by atoms with van der Waals surface area (Å²) >= 11 is 0. The second kappa shape index (κ2) is 9.04. The standard InChI is InChI=1S/C22H25N3O5/c1-14-12-18(15(2)25(14)10-7-11-29-4)19(26)13-30-22(28)20-16-8-5-6-9-17(16)21(27)24(3)23-20/h5-6,8-9,12H,7,10-11,13H2,1-4H3. The molecule has 8 heteroatoms. The highest BCUT2D eigenvalue weighted by Crippen LogP contribution is 2.18. The van der Waals surface area contributed by atoms with Crippen LogP contribution in [0.2, 0.25) is 0 Å².